The predicted molar refractivity (Wildman–Crippen MR) is 128 cm³/mol. The molecule has 0 spiro atoms. The zero-order valence-corrected chi connectivity index (χ0v) is 19.6. The fourth-order valence-electron chi connectivity index (χ4n) is 3.17. The number of hydrogen-bond acceptors (Lipinski definition) is 7. The Balaban J connectivity index is 1.51. The van der Waals surface area contributed by atoms with Gasteiger partial charge < -0.3 is 15.1 Å². The van der Waals surface area contributed by atoms with Gasteiger partial charge in [-0.2, -0.15) is 11.8 Å². The zero-order valence-electron chi connectivity index (χ0n) is 18.8. The standard InChI is InChI=1S/C24H31N5OS/c1-17-9-20(13-28-18(17)2)10-21-15-30-24(12-23(21)25)27-7-8-31-16-22-11-19(5-6-26-22)14-29(3)4/h5-6,9,11-13,15H,7-8,10,14,16,25H2,1-4H3. The first-order chi connectivity index (χ1) is 14.9. The molecule has 0 aromatic carbocycles. The van der Waals surface area contributed by atoms with Crippen LogP contribution >= 0.6 is 11.8 Å². The van der Waals surface area contributed by atoms with Crippen LogP contribution in [0.15, 0.2) is 52.3 Å². The lowest BCUT2D eigenvalue weighted by Crippen LogP contribution is -2.11. The lowest BCUT2D eigenvalue weighted by molar-refractivity contribution is 0.402. The smallest absolute Gasteiger partial charge is 0.215 e. The van der Waals surface area contributed by atoms with Crippen LogP contribution in [-0.2, 0) is 18.7 Å². The Kier molecular flexibility index (Phi) is 8.26. The molecule has 3 aromatic heterocycles. The molecule has 0 aliphatic rings. The second-order valence-electron chi connectivity index (χ2n) is 7.95. The van der Waals surface area contributed by atoms with E-state index in [1.165, 1.54) is 11.1 Å². The Labute approximate surface area is 188 Å². The molecular formula is C24H31N5OS. The summed E-state index contributed by atoms with van der Waals surface area (Å²) in [4.78, 5) is 15.6. The van der Waals surface area contributed by atoms with Gasteiger partial charge >= 0.3 is 0 Å². The maximum atomic E-state index is 6.23. The van der Waals surface area contributed by atoms with Crippen molar-refractivity contribution in [3.63, 3.8) is 0 Å². The minimum atomic E-state index is 0.561. The van der Waals surface area contributed by atoms with Crippen LogP contribution in [0.3, 0.4) is 0 Å². The second kappa shape index (κ2) is 11.1. The normalized spacial score (nSPS) is 12.0. The molecule has 3 aromatic rings. The average molecular weight is 438 g/mol. The molecule has 6 nitrogen and oxygen atoms in total. The van der Waals surface area contributed by atoms with Gasteiger partial charge in [0.25, 0.3) is 0 Å². The molecule has 0 bridgehead atoms. The highest BCUT2D eigenvalue weighted by atomic mass is 32.2. The average Bonchev–Trinajstić information content (AvgIpc) is 2.72. The van der Waals surface area contributed by atoms with Crippen molar-refractivity contribution >= 4 is 17.4 Å². The van der Waals surface area contributed by atoms with Crippen molar-refractivity contribution in [3.8, 4) is 0 Å². The van der Waals surface area contributed by atoms with Gasteiger partial charge in [0.15, 0.2) is 0 Å². The van der Waals surface area contributed by atoms with Gasteiger partial charge in [-0.15, -0.1) is 0 Å². The van der Waals surface area contributed by atoms with E-state index in [1.54, 1.807) is 12.3 Å². The number of rotatable bonds is 9. The molecule has 0 saturated heterocycles. The summed E-state index contributed by atoms with van der Waals surface area (Å²) < 4.78 is 5.69. The summed E-state index contributed by atoms with van der Waals surface area (Å²) in [5.41, 5.74) is 14.2. The van der Waals surface area contributed by atoms with Gasteiger partial charge in [0, 0.05) is 59.9 Å². The number of thioether (sulfide) groups is 1. The molecule has 0 saturated carbocycles. The van der Waals surface area contributed by atoms with E-state index in [4.69, 9.17) is 10.2 Å². The van der Waals surface area contributed by atoms with Crippen LogP contribution in [0.1, 0.15) is 33.6 Å². The molecule has 0 radical (unpaired) electrons. The molecule has 0 fully saturated rings. The van der Waals surface area contributed by atoms with Crippen molar-refractivity contribution < 1.29 is 4.42 Å². The third kappa shape index (κ3) is 7.22. The highest BCUT2D eigenvalue weighted by molar-refractivity contribution is 7.98. The monoisotopic (exact) mass is 437 g/mol. The van der Waals surface area contributed by atoms with Gasteiger partial charge in [-0.05, 0) is 56.8 Å². The number of nitrogens with two attached hydrogens (primary N) is 1. The van der Waals surface area contributed by atoms with Crippen molar-refractivity contribution in [2.24, 2.45) is 4.99 Å². The Hall–Kier alpha value is -2.64. The van der Waals surface area contributed by atoms with Crippen LogP contribution in [0.2, 0.25) is 0 Å². The first kappa shape index (κ1) is 23.0. The van der Waals surface area contributed by atoms with Gasteiger partial charge in [-0.25, -0.2) is 0 Å². The lowest BCUT2D eigenvalue weighted by Gasteiger charge is -2.10. The molecule has 0 amide bonds. The molecule has 2 N–H and O–H groups in total. The van der Waals surface area contributed by atoms with E-state index in [-0.39, 0.29) is 0 Å². The fourth-order valence-corrected chi connectivity index (χ4v) is 3.90. The Bertz CT molecular complexity index is 1080. The van der Waals surface area contributed by atoms with Gasteiger partial charge in [-0.1, -0.05) is 6.07 Å². The molecule has 0 aliphatic heterocycles. The molecule has 31 heavy (non-hydrogen) atoms. The molecule has 0 unspecified atom stereocenters. The minimum absolute atomic E-state index is 0.561. The van der Waals surface area contributed by atoms with E-state index < -0.39 is 0 Å². The summed E-state index contributed by atoms with van der Waals surface area (Å²) in [5, 5.41) is 0. The molecule has 7 heteroatoms. The van der Waals surface area contributed by atoms with Crippen molar-refractivity contribution in [2.45, 2.75) is 32.6 Å². The Morgan fingerprint density at radius 2 is 1.97 bits per heavy atom. The molecule has 0 aliphatic carbocycles. The molecular weight excluding hydrogens is 406 g/mol. The predicted octanol–water partition coefficient (Wildman–Crippen LogP) is 3.76. The summed E-state index contributed by atoms with van der Waals surface area (Å²) in [6.45, 7) is 5.67. The van der Waals surface area contributed by atoms with Crippen LogP contribution in [0.5, 0.6) is 0 Å². The maximum Gasteiger partial charge on any atom is 0.215 e. The summed E-state index contributed by atoms with van der Waals surface area (Å²) in [6.07, 6.45) is 6.18. The summed E-state index contributed by atoms with van der Waals surface area (Å²) >= 11 is 1.82. The van der Waals surface area contributed by atoms with E-state index in [9.17, 15) is 0 Å². The number of nitrogen functional groups attached to an aromatic ring is 1. The van der Waals surface area contributed by atoms with Crippen LogP contribution in [0.25, 0.3) is 0 Å². The lowest BCUT2D eigenvalue weighted by atomic mass is 10.1. The Morgan fingerprint density at radius 3 is 2.71 bits per heavy atom. The first-order valence-corrected chi connectivity index (χ1v) is 11.5. The SMILES string of the molecule is Cc1cc(Cc2coc(=NCCSCc3cc(CN(C)C)ccn3)cc2N)cnc1C. The van der Waals surface area contributed by atoms with Crippen LogP contribution in [0.4, 0.5) is 5.69 Å². The molecule has 3 rings (SSSR count). The second-order valence-corrected chi connectivity index (χ2v) is 9.05. The Morgan fingerprint density at radius 1 is 1.13 bits per heavy atom. The summed E-state index contributed by atoms with van der Waals surface area (Å²) in [6, 6.07) is 8.18. The number of hydrogen-bond donors (Lipinski definition) is 1. The molecule has 0 atom stereocenters. The van der Waals surface area contributed by atoms with Gasteiger partial charge in [0.05, 0.1) is 18.5 Å². The number of anilines is 1. The quantitative estimate of drug-likeness (QED) is 0.514. The van der Waals surface area contributed by atoms with Crippen molar-refractivity contribution in [2.75, 3.05) is 32.1 Å². The van der Waals surface area contributed by atoms with Crippen molar-refractivity contribution in [1.82, 2.24) is 14.9 Å². The van der Waals surface area contributed by atoms with E-state index in [2.05, 4.69) is 59.1 Å². The maximum absolute atomic E-state index is 6.23. The number of nitrogens with zero attached hydrogens (tertiary/aromatic N) is 4. The van der Waals surface area contributed by atoms with E-state index in [0.717, 1.165) is 40.6 Å². The van der Waals surface area contributed by atoms with E-state index in [1.807, 2.05) is 31.1 Å². The number of pyridine rings is 2. The van der Waals surface area contributed by atoms with Gasteiger partial charge in [0.2, 0.25) is 5.55 Å². The van der Waals surface area contributed by atoms with Gasteiger partial charge in [-0.3, -0.25) is 15.0 Å². The van der Waals surface area contributed by atoms with Gasteiger partial charge in [0.1, 0.15) is 0 Å². The highest BCUT2D eigenvalue weighted by Gasteiger charge is 2.05. The first-order valence-electron chi connectivity index (χ1n) is 10.4. The number of aryl methyl sites for hydroxylation is 2. The third-order valence-corrected chi connectivity index (χ3v) is 5.87. The molecule has 3 heterocycles. The van der Waals surface area contributed by atoms with Crippen LogP contribution in [0, 0.1) is 13.8 Å². The highest BCUT2D eigenvalue weighted by Crippen LogP contribution is 2.16. The van der Waals surface area contributed by atoms with Crippen molar-refractivity contribution in [1.29, 1.82) is 0 Å². The summed E-state index contributed by atoms with van der Waals surface area (Å²) in [5.74, 6) is 1.77. The largest absolute Gasteiger partial charge is 0.447 e. The minimum Gasteiger partial charge on any atom is -0.447 e. The topological polar surface area (TPSA) is 80.5 Å². The molecule has 164 valence electrons. The zero-order chi connectivity index (χ0) is 22.2. The van der Waals surface area contributed by atoms with Crippen molar-refractivity contribution in [3.05, 3.63) is 82.1 Å². The fraction of sp³-hybridized carbons (Fsp3) is 0.375. The third-order valence-electron chi connectivity index (χ3n) is 4.90. The number of aromatic nitrogens is 2. The summed E-state index contributed by atoms with van der Waals surface area (Å²) in [7, 11) is 4.14. The van der Waals surface area contributed by atoms with E-state index in [0.29, 0.717) is 24.2 Å². The van der Waals surface area contributed by atoms with Crippen LogP contribution < -0.4 is 11.3 Å². The van der Waals surface area contributed by atoms with E-state index >= 15 is 0 Å². The van der Waals surface area contributed by atoms with Crippen LogP contribution in [-0.4, -0.2) is 41.3 Å².